The summed E-state index contributed by atoms with van der Waals surface area (Å²) in [6.45, 7) is 4.25. The van der Waals surface area contributed by atoms with Crippen LogP contribution >= 0.6 is 0 Å². The number of unbranched alkanes of at least 4 members (excludes halogenated alkanes) is 1. The van der Waals surface area contributed by atoms with Crippen molar-refractivity contribution in [2.45, 2.75) is 33.2 Å². The van der Waals surface area contributed by atoms with E-state index in [9.17, 15) is 19.2 Å². The van der Waals surface area contributed by atoms with Gasteiger partial charge in [-0.2, -0.15) is 10.4 Å². The number of aromatic nitrogens is 2. The van der Waals surface area contributed by atoms with Crippen molar-refractivity contribution in [2.24, 2.45) is 0 Å². The average molecular weight is 561 g/mol. The van der Waals surface area contributed by atoms with Gasteiger partial charge in [0, 0.05) is 22.9 Å². The molecule has 5 rings (SSSR count). The van der Waals surface area contributed by atoms with Crippen molar-refractivity contribution in [2.75, 3.05) is 6.61 Å². The smallest absolute Gasteiger partial charge is 0.271 e. The minimum atomic E-state index is -0.680. The quantitative estimate of drug-likeness (QED) is 0.130. The number of nitrogens with zero attached hydrogens (tertiary/aromatic N) is 4. The number of para-hydroxylation sites is 1. The normalized spacial score (nSPS) is 14.4. The second-order valence-corrected chi connectivity index (χ2v) is 9.93. The summed E-state index contributed by atoms with van der Waals surface area (Å²) in [5, 5.41) is 14.7. The second-order valence-electron chi connectivity index (χ2n) is 9.93. The van der Waals surface area contributed by atoms with Crippen LogP contribution in [0.3, 0.4) is 0 Å². The third-order valence-electron chi connectivity index (χ3n) is 7.04. The molecule has 0 unspecified atom stereocenters. The van der Waals surface area contributed by atoms with Crippen molar-refractivity contribution < 1.29 is 18.7 Å². The van der Waals surface area contributed by atoms with Crippen molar-refractivity contribution in [3.8, 4) is 28.8 Å². The first-order valence-electron chi connectivity index (χ1n) is 13.7. The molecule has 4 aromatic rings. The lowest BCUT2D eigenvalue weighted by Gasteiger charge is -2.27. The lowest BCUT2D eigenvalue weighted by atomic mass is 9.93. The molecule has 0 fully saturated rings. The summed E-state index contributed by atoms with van der Waals surface area (Å²) in [4.78, 5) is 27.9. The maximum absolute atomic E-state index is 13.8. The average Bonchev–Trinajstić information content (AvgIpc) is 3.43. The van der Waals surface area contributed by atoms with Gasteiger partial charge in [0.05, 0.1) is 24.5 Å². The Balaban J connectivity index is 1.58. The molecule has 1 aliphatic heterocycles. The van der Waals surface area contributed by atoms with Crippen molar-refractivity contribution in [1.29, 1.82) is 5.26 Å². The summed E-state index contributed by atoms with van der Waals surface area (Å²) in [5.74, 6) is -0.892. The third kappa shape index (κ3) is 5.91. The molecule has 0 saturated heterocycles. The maximum Gasteiger partial charge on any atom is 0.271 e. The first-order chi connectivity index (χ1) is 20.4. The highest BCUT2D eigenvalue weighted by Crippen LogP contribution is 2.32. The molecule has 42 heavy (non-hydrogen) atoms. The largest absolute Gasteiger partial charge is 0.494 e. The number of ether oxygens (including phenoxy) is 1. The van der Waals surface area contributed by atoms with Crippen molar-refractivity contribution in [3.63, 3.8) is 0 Å². The summed E-state index contributed by atoms with van der Waals surface area (Å²) in [7, 11) is 0. The van der Waals surface area contributed by atoms with Gasteiger partial charge in [0.15, 0.2) is 0 Å². The molecule has 0 N–H and O–H groups in total. The van der Waals surface area contributed by atoms with Crippen LogP contribution < -0.4 is 4.74 Å². The number of carbonyl (C=O) groups excluding carboxylic acids is 2. The standard InChI is InChI=1S/C34H29FN4O3/c1-3-4-18-42-29-16-12-25(13-17-29)32-26(22-39(37-32)28-8-6-5-7-9-28)19-30-23(2)31(20-36)34(41)38(33(30)40)21-24-10-14-27(35)15-11-24/h5-17,19,22H,3-4,18,21H2,1-2H3/b30-19+. The van der Waals surface area contributed by atoms with Gasteiger partial charge in [0.2, 0.25) is 0 Å². The monoisotopic (exact) mass is 560 g/mol. The molecule has 0 radical (unpaired) electrons. The van der Waals surface area contributed by atoms with Crippen molar-refractivity contribution >= 4 is 17.9 Å². The number of imide groups is 1. The lowest BCUT2D eigenvalue weighted by molar-refractivity contribution is -0.141. The zero-order chi connectivity index (χ0) is 29.6. The van der Waals surface area contributed by atoms with E-state index in [1.807, 2.05) is 66.9 Å². The molecule has 1 aromatic heterocycles. The Morgan fingerprint density at radius 1 is 0.976 bits per heavy atom. The lowest BCUT2D eigenvalue weighted by Crippen LogP contribution is -2.42. The minimum Gasteiger partial charge on any atom is -0.494 e. The summed E-state index contributed by atoms with van der Waals surface area (Å²) in [6.07, 6.45) is 5.50. The van der Waals surface area contributed by atoms with Gasteiger partial charge in [0.25, 0.3) is 11.8 Å². The van der Waals surface area contributed by atoms with Gasteiger partial charge in [0.1, 0.15) is 23.2 Å². The van der Waals surface area contributed by atoms with Gasteiger partial charge in [-0.15, -0.1) is 0 Å². The highest BCUT2D eigenvalue weighted by molar-refractivity contribution is 6.19. The van der Waals surface area contributed by atoms with E-state index in [1.54, 1.807) is 17.7 Å². The maximum atomic E-state index is 13.8. The van der Waals surface area contributed by atoms with Crippen LogP contribution in [0, 0.1) is 17.1 Å². The predicted molar refractivity (Wildman–Crippen MR) is 158 cm³/mol. The second kappa shape index (κ2) is 12.5. The van der Waals surface area contributed by atoms with E-state index >= 15 is 0 Å². The van der Waals surface area contributed by atoms with E-state index < -0.39 is 17.6 Å². The van der Waals surface area contributed by atoms with Crippen LogP contribution in [-0.4, -0.2) is 33.1 Å². The van der Waals surface area contributed by atoms with Crippen LogP contribution in [0.5, 0.6) is 5.75 Å². The van der Waals surface area contributed by atoms with Gasteiger partial charge in [-0.1, -0.05) is 43.7 Å². The van der Waals surface area contributed by atoms with Gasteiger partial charge >= 0.3 is 0 Å². The third-order valence-corrected chi connectivity index (χ3v) is 7.04. The molecule has 7 nitrogen and oxygen atoms in total. The molecule has 8 heteroatoms. The Bertz CT molecular complexity index is 1710. The van der Waals surface area contributed by atoms with Crippen molar-refractivity contribution in [1.82, 2.24) is 14.7 Å². The number of nitriles is 1. The van der Waals surface area contributed by atoms with E-state index in [2.05, 4.69) is 6.92 Å². The fourth-order valence-corrected chi connectivity index (χ4v) is 4.67. The Morgan fingerprint density at radius 3 is 2.36 bits per heavy atom. The SMILES string of the molecule is CCCCOc1ccc(-c2nn(-c3ccccc3)cc2/C=C2/C(=O)N(Cc3ccc(F)cc3)C(=O)C(C#N)=C2C)cc1. The number of hydrogen-bond acceptors (Lipinski definition) is 5. The van der Waals surface area contributed by atoms with E-state index in [1.165, 1.54) is 24.3 Å². The number of benzene rings is 3. The molecule has 2 heterocycles. The fraction of sp³-hybridized carbons (Fsp3) is 0.176. The predicted octanol–water partition coefficient (Wildman–Crippen LogP) is 6.65. The number of carbonyl (C=O) groups is 2. The molecule has 0 saturated carbocycles. The van der Waals surface area contributed by atoms with E-state index in [0.29, 0.717) is 29.0 Å². The molecule has 210 valence electrons. The zero-order valence-corrected chi connectivity index (χ0v) is 23.4. The van der Waals surface area contributed by atoms with Crippen LogP contribution in [0.4, 0.5) is 4.39 Å². The van der Waals surface area contributed by atoms with Crippen LogP contribution in [0.25, 0.3) is 23.0 Å². The summed E-state index contributed by atoms with van der Waals surface area (Å²) in [6, 6.07) is 24.7. The molecule has 0 atom stereocenters. The fourth-order valence-electron chi connectivity index (χ4n) is 4.67. The van der Waals surface area contributed by atoms with Crippen LogP contribution in [-0.2, 0) is 16.1 Å². The van der Waals surface area contributed by atoms with Crippen LogP contribution in [0.15, 0.2) is 102 Å². The summed E-state index contributed by atoms with van der Waals surface area (Å²) >= 11 is 0. The summed E-state index contributed by atoms with van der Waals surface area (Å²) < 4.78 is 21.0. The van der Waals surface area contributed by atoms with Gasteiger partial charge in [-0.05, 0) is 79.1 Å². The zero-order valence-electron chi connectivity index (χ0n) is 23.4. The van der Waals surface area contributed by atoms with Gasteiger partial charge in [-0.25, -0.2) is 9.07 Å². The molecule has 0 bridgehead atoms. The van der Waals surface area contributed by atoms with Crippen molar-refractivity contribution in [3.05, 3.63) is 119 Å². The highest BCUT2D eigenvalue weighted by Gasteiger charge is 2.35. The summed E-state index contributed by atoms with van der Waals surface area (Å²) in [5.41, 5.74) is 3.84. The number of halogens is 1. The minimum absolute atomic E-state index is 0.0939. The highest BCUT2D eigenvalue weighted by atomic mass is 19.1. The first-order valence-corrected chi connectivity index (χ1v) is 13.7. The molecular weight excluding hydrogens is 531 g/mol. The number of rotatable bonds is 9. The molecule has 0 spiro atoms. The first kappa shape index (κ1) is 28.2. The molecular formula is C34H29FN4O3. The number of hydrogen-bond donors (Lipinski definition) is 0. The Labute approximate surface area is 243 Å². The van der Waals surface area contributed by atoms with E-state index in [4.69, 9.17) is 9.84 Å². The van der Waals surface area contributed by atoms with E-state index in [-0.39, 0.29) is 17.7 Å². The number of amides is 2. The van der Waals surface area contributed by atoms with E-state index in [0.717, 1.165) is 34.7 Å². The Morgan fingerprint density at radius 2 is 1.69 bits per heavy atom. The topological polar surface area (TPSA) is 88.2 Å². The van der Waals surface area contributed by atoms with Gasteiger partial charge < -0.3 is 4.74 Å². The molecule has 2 amide bonds. The van der Waals surface area contributed by atoms with Crippen LogP contribution in [0.1, 0.15) is 37.8 Å². The Kier molecular flexibility index (Phi) is 8.39. The molecule has 0 aliphatic carbocycles. The van der Waals surface area contributed by atoms with Gasteiger partial charge in [-0.3, -0.25) is 14.5 Å². The molecule has 3 aromatic carbocycles. The van der Waals surface area contributed by atoms with Crippen LogP contribution in [0.2, 0.25) is 0 Å². The Hall–Kier alpha value is -5.29. The molecule has 1 aliphatic rings.